The molecule has 0 spiro atoms. The first-order valence-electron chi connectivity index (χ1n) is 4.11. The number of hydrogen-bond donors (Lipinski definition) is 0. The van der Waals surface area contributed by atoms with E-state index in [2.05, 4.69) is 25.7 Å². The summed E-state index contributed by atoms with van der Waals surface area (Å²) >= 11 is 0. The minimum Gasteiger partial charge on any atom is -0.376 e. The van der Waals surface area contributed by atoms with Crippen LogP contribution >= 0.6 is 0 Å². The molecule has 2 nitrogen and oxygen atoms in total. The molecule has 0 unspecified atom stereocenters. The van der Waals surface area contributed by atoms with Gasteiger partial charge in [-0.05, 0) is 20.4 Å². The Morgan fingerprint density at radius 3 is 2.70 bits per heavy atom. The zero-order chi connectivity index (χ0) is 7.56. The molecule has 1 aliphatic rings. The Morgan fingerprint density at radius 1 is 1.50 bits per heavy atom. The number of nitrogens with zero attached hydrogens (tertiary/aromatic N) is 1. The fraction of sp³-hybridized carbons (Fsp3) is 1.00. The molecule has 1 aliphatic heterocycles. The van der Waals surface area contributed by atoms with E-state index in [9.17, 15) is 0 Å². The van der Waals surface area contributed by atoms with Gasteiger partial charge in [-0.3, -0.25) is 4.90 Å². The van der Waals surface area contributed by atoms with Crippen LogP contribution in [-0.2, 0) is 4.74 Å². The Morgan fingerprint density at radius 2 is 2.20 bits per heavy atom. The van der Waals surface area contributed by atoms with Crippen LogP contribution in [0.3, 0.4) is 0 Å². The molecule has 0 aromatic rings. The van der Waals surface area contributed by atoms with Crippen LogP contribution in [0.4, 0.5) is 0 Å². The molecule has 1 saturated heterocycles. The number of morpholine rings is 1. The second-order valence-electron chi connectivity index (χ2n) is 2.95. The van der Waals surface area contributed by atoms with E-state index in [1.807, 2.05) is 0 Å². The van der Waals surface area contributed by atoms with E-state index < -0.39 is 0 Å². The van der Waals surface area contributed by atoms with Crippen molar-refractivity contribution in [2.24, 2.45) is 0 Å². The van der Waals surface area contributed by atoms with E-state index in [0.717, 1.165) is 19.7 Å². The summed E-state index contributed by atoms with van der Waals surface area (Å²) in [6.45, 7) is 9.73. The summed E-state index contributed by atoms with van der Waals surface area (Å²) in [5, 5.41) is 0. The Kier molecular flexibility index (Phi) is 2.69. The monoisotopic (exact) mass is 143 g/mol. The molecule has 0 amide bonds. The first-order chi connectivity index (χ1) is 4.75. The summed E-state index contributed by atoms with van der Waals surface area (Å²) in [7, 11) is 0. The zero-order valence-corrected chi connectivity index (χ0v) is 7.13. The predicted octanol–water partition coefficient (Wildman–Crippen LogP) is 1.12. The van der Waals surface area contributed by atoms with E-state index in [1.54, 1.807) is 0 Å². The molecular formula is C8H17NO. The SMILES string of the molecule is CCN1CCO[C@@H](C)[C@@H]1C. The molecule has 60 valence electrons. The van der Waals surface area contributed by atoms with Crippen molar-refractivity contribution in [2.75, 3.05) is 19.7 Å². The van der Waals surface area contributed by atoms with Gasteiger partial charge in [0.05, 0.1) is 12.7 Å². The summed E-state index contributed by atoms with van der Waals surface area (Å²) < 4.78 is 5.48. The van der Waals surface area contributed by atoms with Gasteiger partial charge in [0.15, 0.2) is 0 Å². The zero-order valence-electron chi connectivity index (χ0n) is 7.13. The van der Waals surface area contributed by atoms with Crippen LogP contribution in [0, 0.1) is 0 Å². The number of hydrogen-bond acceptors (Lipinski definition) is 2. The third-order valence-corrected chi connectivity index (χ3v) is 2.42. The van der Waals surface area contributed by atoms with Crippen LogP contribution in [0.5, 0.6) is 0 Å². The van der Waals surface area contributed by atoms with Crippen LogP contribution < -0.4 is 0 Å². The number of ether oxygens (including phenoxy) is 1. The molecule has 2 heteroatoms. The van der Waals surface area contributed by atoms with Gasteiger partial charge < -0.3 is 4.74 Å². The van der Waals surface area contributed by atoms with Crippen molar-refractivity contribution < 1.29 is 4.74 Å². The van der Waals surface area contributed by atoms with E-state index in [0.29, 0.717) is 12.1 Å². The molecule has 0 aromatic heterocycles. The lowest BCUT2D eigenvalue weighted by Crippen LogP contribution is -2.48. The van der Waals surface area contributed by atoms with Crippen molar-refractivity contribution >= 4 is 0 Å². The third kappa shape index (κ3) is 1.50. The molecule has 2 atom stereocenters. The van der Waals surface area contributed by atoms with Crippen molar-refractivity contribution in [1.29, 1.82) is 0 Å². The maximum absolute atomic E-state index is 5.48. The first-order valence-corrected chi connectivity index (χ1v) is 4.11. The number of rotatable bonds is 1. The highest BCUT2D eigenvalue weighted by Gasteiger charge is 2.23. The normalized spacial score (nSPS) is 36.3. The van der Waals surface area contributed by atoms with Crippen LogP contribution in [0.25, 0.3) is 0 Å². The highest BCUT2D eigenvalue weighted by molar-refractivity contribution is 4.75. The average Bonchev–Trinajstić information content (AvgIpc) is 1.95. The molecule has 10 heavy (non-hydrogen) atoms. The van der Waals surface area contributed by atoms with Gasteiger partial charge in [-0.2, -0.15) is 0 Å². The van der Waals surface area contributed by atoms with Crippen molar-refractivity contribution in [3.8, 4) is 0 Å². The van der Waals surface area contributed by atoms with E-state index in [-0.39, 0.29) is 0 Å². The molecule has 0 bridgehead atoms. The summed E-state index contributed by atoms with van der Waals surface area (Å²) in [5.41, 5.74) is 0. The van der Waals surface area contributed by atoms with Crippen LogP contribution in [0.15, 0.2) is 0 Å². The molecule has 0 saturated carbocycles. The molecule has 1 fully saturated rings. The lowest BCUT2D eigenvalue weighted by atomic mass is 10.1. The third-order valence-electron chi connectivity index (χ3n) is 2.42. The molecular weight excluding hydrogens is 126 g/mol. The lowest BCUT2D eigenvalue weighted by Gasteiger charge is -2.36. The fourth-order valence-corrected chi connectivity index (χ4v) is 1.44. The number of likely N-dealkylation sites (N-methyl/N-ethyl adjacent to an activating group) is 1. The van der Waals surface area contributed by atoms with Crippen molar-refractivity contribution in [3.05, 3.63) is 0 Å². The summed E-state index contributed by atoms with van der Waals surface area (Å²) in [4.78, 5) is 2.45. The Balaban J connectivity index is 2.42. The smallest absolute Gasteiger partial charge is 0.0700 e. The molecule has 0 aromatic carbocycles. The van der Waals surface area contributed by atoms with Gasteiger partial charge in [-0.1, -0.05) is 6.92 Å². The van der Waals surface area contributed by atoms with Gasteiger partial charge in [-0.15, -0.1) is 0 Å². The maximum atomic E-state index is 5.48. The summed E-state index contributed by atoms with van der Waals surface area (Å²) in [6, 6.07) is 0.596. The molecule has 1 rings (SSSR count). The van der Waals surface area contributed by atoms with Crippen molar-refractivity contribution in [3.63, 3.8) is 0 Å². The highest BCUT2D eigenvalue weighted by atomic mass is 16.5. The molecule has 0 radical (unpaired) electrons. The van der Waals surface area contributed by atoms with E-state index >= 15 is 0 Å². The van der Waals surface area contributed by atoms with Crippen LogP contribution in [0.1, 0.15) is 20.8 Å². The largest absolute Gasteiger partial charge is 0.376 e. The Hall–Kier alpha value is -0.0800. The minimum absolute atomic E-state index is 0.411. The maximum Gasteiger partial charge on any atom is 0.0700 e. The Labute approximate surface area is 63.2 Å². The van der Waals surface area contributed by atoms with Gasteiger partial charge in [-0.25, -0.2) is 0 Å². The topological polar surface area (TPSA) is 12.5 Å². The first kappa shape index (κ1) is 8.02. The second-order valence-corrected chi connectivity index (χ2v) is 2.95. The standard InChI is InChI=1S/C8H17NO/c1-4-9-5-6-10-8(3)7(9)2/h7-8H,4-6H2,1-3H3/t7-,8-/m0/s1. The summed E-state index contributed by atoms with van der Waals surface area (Å²) in [5.74, 6) is 0. The van der Waals surface area contributed by atoms with Crippen molar-refractivity contribution in [2.45, 2.75) is 32.9 Å². The van der Waals surface area contributed by atoms with E-state index in [4.69, 9.17) is 4.74 Å². The van der Waals surface area contributed by atoms with Crippen LogP contribution in [-0.4, -0.2) is 36.7 Å². The second kappa shape index (κ2) is 3.35. The van der Waals surface area contributed by atoms with Gasteiger partial charge in [0.2, 0.25) is 0 Å². The quantitative estimate of drug-likeness (QED) is 0.545. The van der Waals surface area contributed by atoms with Gasteiger partial charge in [0, 0.05) is 12.6 Å². The minimum atomic E-state index is 0.411. The highest BCUT2D eigenvalue weighted by Crippen LogP contribution is 2.11. The van der Waals surface area contributed by atoms with Crippen molar-refractivity contribution in [1.82, 2.24) is 4.90 Å². The lowest BCUT2D eigenvalue weighted by molar-refractivity contribution is -0.0530. The molecule has 1 heterocycles. The molecule has 0 aliphatic carbocycles. The average molecular weight is 143 g/mol. The summed E-state index contributed by atoms with van der Waals surface area (Å²) in [6.07, 6.45) is 0.411. The van der Waals surface area contributed by atoms with Gasteiger partial charge in [0.1, 0.15) is 0 Å². The molecule has 0 N–H and O–H groups in total. The Bertz CT molecular complexity index is 105. The van der Waals surface area contributed by atoms with Gasteiger partial charge in [0.25, 0.3) is 0 Å². The van der Waals surface area contributed by atoms with Crippen LogP contribution in [0.2, 0.25) is 0 Å². The fourth-order valence-electron chi connectivity index (χ4n) is 1.44. The van der Waals surface area contributed by atoms with Gasteiger partial charge >= 0.3 is 0 Å². The predicted molar refractivity (Wildman–Crippen MR) is 42.1 cm³/mol. The van der Waals surface area contributed by atoms with E-state index in [1.165, 1.54) is 0 Å².